The van der Waals surface area contributed by atoms with Crippen molar-refractivity contribution in [3.8, 4) is 0 Å². The molecule has 2 rings (SSSR count). The van der Waals surface area contributed by atoms with E-state index < -0.39 is 11.0 Å². The van der Waals surface area contributed by atoms with Crippen LogP contribution in [0.3, 0.4) is 0 Å². The second-order valence-electron chi connectivity index (χ2n) is 2.87. The molecular formula is C9H11NOS. The number of hydrogen-bond acceptors (Lipinski definition) is 1. The Kier molecular flexibility index (Phi) is 2.23. The molecule has 3 heteroatoms. The zero-order chi connectivity index (χ0) is 8.39. The molecule has 1 heterocycles. The highest BCUT2D eigenvalue weighted by atomic mass is 32.2. The van der Waals surface area contributed by atoms with Crippen molar-refractivity contribution in [1.82, 2.24) is 4.72 Å². The quantitative estimate of drug-likeness (QED) is 0.641. The van der Waals surface area contributed by atoms with Crippen LogP contribution in [0.1, 0.15) is 12.0 Å². The molecule has 0 saturated carbocycles. The van der Waals surface area contributed by atoms with Crippen LogP contribution in [0.2, 0.25) is 0 Å². The van der Waals surface area contributed by atoms with Crippen molar-refractivity contribution < 1.29 is 4.21 Å². The van der Waals surface area contributed by atoms with Gasteiger partial charge in [0.15, 0.2) is 0 Å². The van der Waals surface area contributed by atoms with Crippen LogP contribution >= 0.6 is 0 Å². The Morgan fingerprint density at radius 2 is 2.17 bits per heavy atom. The number of benzene rings is 1. The summed E-state index contributed by atoms with van der Waals surface area (Å²) in [6.07, 6.45) is 2.11. The summed E-state index contributed by atoms with van der Waals surface area (Å²) < 4.78 is 14.5. The molecule has 2 nitrogen and oxygen atoms in total. The van der Waals surface area contributed by atoms with Gasteiger partial charge in [-0.05, 0) is 24.5 Å². The maximum absolute atomic E-state index is 11.5. The highest BCUT2D eigenvalue weighted by molar-refractivity contribution is 7.83. The molecule has 12 heavy (non-hydrogen) atoms. The number of aryl methyl sites for hydroxylation is 1. The lowest BCUT2D eigenvalue weighted by Gasteiger charge is -2.02. The molecule has 0 radical (unpaired) electrons. The van der Waals surface area contributed by atoms with Gasteiger partial charge in [-0.3, -0.25) is 0 Å². The highest BCUT2D eigenvalue weighted by Crippen LogP contribution is 2.16. The Bertz CT molecular complexity index is 311. The molecule has 0 aromatic heterocycles. The monoisotopic (exact) mass is 181 g/mol. The van der Waals surface area contributed by atoms with Crippen LogP contribution < -0.4 is 4.72 Å². The topological polar surface area (TPSA) is 29.1 Å². The molecule has 1 aliphatic heterocycles. The van der Waals surface area contributed by atoms with E-state index in [9.17, 15) is 4.21 Å². The van der Waals surface area contributed by atoms with E-state index in [2.05, 4.69) is 10.8 Å². The van der Waals surface area contributed by atoms with Crippen LogP contribution in [0.5, 0.6) is 0 Å². The summed E-state index contributed by atoms with van der Waals surface area (Å²) in [7, 11) is -0.983. The molecular weight excluding hydrogens is 170 g/mol. The molecule has 0 amide bonds. The fraction of sp³-hybridized carbons (Fsp3) is 0.333. The van der Waals surface area contributed by atoms with Crippen molar-refractivity contribution in [2.24, 2.45) is 0 Å². The van der Waals surface area contributed by atoms with E-state index in [0.717, 1.165) is 24.3 Å². The normalized spacial score (nSPS) is 22.8. The summed E-state index contributed by atoms with van der Waals surface area (Å²) in [6, 6.07) is 7.93. The summed E-state index contributed by atoms with van der Waals surface area (Å²) in [4.78, 5) is 0.954. The molecule has 0 spiro atoms. The number of hydrogen-bond donors (Lipinski definition) is 1. The van der Waals surface area contributed by atoms with Gasteiger partial charge in [-0.25, -0.2) is 8.93 Å². The third-order valence-corrected chi connectivity index (χ3v) is 3.29. The van der Waals surface area contributed by atoms with Crippen molar-refractivity contribution in [3.63, 3.8) is 0 Å². The molecule has 0 fully saturated rings. The first kappa shape index (κ1) is 7.95. The fourth-order valence-corrected chi connectivity index (χ4v) is 2.51. The van der Waals surface area contributed by atoms with Gasteiger partial charge in [0.2, 0.25) is 0 Å². The average molecular weight is 181 g/mol. The largest absolute Gasteiger partial charge is 0.237 e. The lowest BCUT2D eigenvalue weighted by atomic mass is 10.1. The SMILES string of the molecule is O=S1NCCCc2ccccc21. The third-order valence-electron chi connectivity index (χ3n) is 2.03. The standard InChI is InChI=1S/C9H11NOS/c11-12-9-6-2-1-4-8(9)5-3-7-10-12/h1-2,4,6,10H,3,5,7H2. The molecule has 1 N–H and O–H groups in total. The second kappa shape index (κ2) is 3.37. The van der Waals surface area contributed by atoms with Crippen LogP contribution in [0.25, 0.3) is 0 Å². The number of fused-ring (bicyclic) bond motifs is 1. The molecule has 0 bridgehead atoms. The van der Waals surface area contributed by atoms with Crippen molar-refractivity contribution >= 4 is 11.0 Å². The summed E-state index contributed by atoms with van der Waals surface area (Å²) in [5.41, 5.74) is 1.22. The summed E-state index contributed by atoms with van der Waals surface area (Å²) in [6.45, 7) is 0.849. The minimum atomic E-state index is -0.983. The minimum Gasteiger partial charge on any atom is -0.237 e. The Morgan fingerprint density at radius 1 is 1.33 bits per heavy atom. The third kappa shape index (κ3) is 1.42. The molecule has 1 aromatic carbocycles. The summed E-state index contributed by atoms with van der Waals surface area (Å²) in [5.74, 6) is 0. The van der Waals surface area contributed by atoms with Crippen LogP contribution in [-0.2, 0) is 17.4 Å². The van der Waals surface area contributed by atoms with Crippen LogP contribution in [0.4, 0.5) is 0 Å². The van der Waals surface area contributed by atoms with E-state index in [0.29, 0.717) is 0 Å². The predicted molar refractivity (Wildman–Crippen MR) is 49.2 cm³/mol. The van der Waals surface area contributed by atoms with E-state index >= 15 is 0 Å². The minimum absolute atomic E-state index is 0.849. The van der Waals surface area contributed by atoms with Gasteiger partial charge in [0.25, 0.3) is 0 Å². The molecule has 1 atom stereocenters. The van der Waals surface area contributed by atoms with Crippen molar-refractivity contribution in [1.29, 1.82) is 0 Å². The van der Waals surface area contributed by atoms with E-state index in [1.807, 2.05) is 18.2 Å². The molecule has 64 valence electrons. The van der Waals surface area contributed by atoms with Gasteiger partial charge < -0.3 is 0 Å². The highest BCUT2D eigenvalue weighted by Gasteiger charge is 2.11. The van der Waals surface area contributed by atoms with Gasteiger partial charge in [0, 0.05) is 6.54 Å². The lowest BCUT2D eigenvalue weighted by Crippen LogP contribution is -2.16. The van der Waals surface area contributed by atoms with Gasteiger partial charge in [0.1, 0.15) is 11.0 Å². The molecule has 0 aliphatic carbocycles. The zero-order valence-electron chi connectivity index (χ0n) is 6.75. The van der Waals surface area contributed by atoms with Gasteiger partial charge in [0.05, 0.1) is 4.90 Å². The average Bonchev–Trinajstić information content (AvgIpc) is 2.29. The van der Waals surface area contributed by atoms with E-state index in [1.54, 1.807) is 0 Å². The maximum Gasteiger partial charge on any atom is 0.125 e. The first-order valence-corrected chi connectivity index (χ1v) is 5.26. The molecule has 0 saturated heterocycles. The van der Waals surface area contributed by atoms with Crippen LogP contribution in [0, 0.1) is 0 Å². The first-order chi connectivity index (χ1) is 5.88. The molecule has 1 unspecified atom stereocenters. The van der Waals surface area contributed by atoms with E-state index in [-0.39, 0.29) is 0 Å². The zero-order valence-corrected chi connectivity index (χ0v) is 7.56. The van der Waals surface area contributed by atoms with Crippen molar-refractivity contribution in [2.75, 3.05) is 6.54 Å². The lowest BCUT2D eigenvalue weighted by molar-refractivity contribution is 0.672. The Morgan fingerprint density at radius 3 is 3.08 bits per heavy atom. The van der Waals surface area contributed by atoms with Gasteiger partial charge in [-0.2, -0.15) is 0 Å². The maximum atomic E-state index is 11.5. The van der Waals surface area contributed by atoms with E-state index in [1.165, 1.54) is 5.56 Å². The smallest absolute Gasteiger partial charge is 0.125 e. The molecule has 1 aromatic rings. The Balaban J connectivity index is 2.46. The van der Waals surface area contributed by atoms with Crippen molar-refractivity contribution in [3.05, 3.63) is 29.8 Å². The summed E-state index contributed by atoms with van der Waals surface area (Å²) >= 11 is 0. The number of nitrogens with one attached hydrogen (secondary N) is 1. The van der Waals surface area contributed by atoms with E-state index in [4.69, 9.17) is 0 Å². The van der Waals surface area contributed by atoms with Gasteiger partial charge in [-0.1, -0.05) is 18.2 Å². The van der Waals surface area contributed by atoms with Crippen molar-refractivity contribution in [2.45, 2.75) is 17.7 Å². The predicted octanol–water partition coefficient (Wildman–Crippen LogP) is 1.24. The van der Waals surface area contributed by atoms with Gasteiger partial charge >= 0.3 is 0 Å². The Hall–Kier alpha value is -0.670. The first-order valence-electron chi connectivity index (χ1n) is 4.11. The fourth-order valence-electron chi connectivity index (χ4n) is 1.41. The van der Waals surface area contributed by atoms with Crippen LogP contribution in [0.15, 0.2) is 29.2 Å². The Labute approximate surface area is 74.6 Å². The number of rotatable bonds is 0. The van der Waals surface area contributed by atoms with Crippen LogP contribution in [-0.4, -0.2) is 10.8 Å². The summed E-state index contributed by atoms with van der Waals surface area (Å²) in [5, 5.41) is 0. The molecule has 1 aliphatic rings. The van der Waals surface area contributed by atoms with Gasteiger partial charge in [-0.15, -0.1) is 0 Å². The second-order valence-corrected chi connectivity index (χ2v) is 4.14.